The quantitative estimate of drug-likeness (QED) is 0.879. The number of rotatable bonds is 3. The van der Waals surface area contributed by atoms with Crippen molar-refractivity contribution in [3.8, 4) is 23.7 Å². The van der Waals surface area contributed by atoms with Gasteiger partial charge in [-0.2, -0.15) is 5.26 Å². The van der Waals surface area contributed by atoms with Crippen LogP contribution in [0.3, 0.4) is 0 Å². The number of halogens is 1. The van der Waals surface area contributed by atoms with Gasteiger partial charge in [0.1, 0.15) is 18.2 Å². The van der Waals surface area contributed by atoms with Gasteiger partial charge in [0.2, 0.25) is 0 Å². The second kappa shape index (κ2) is 7.09. The number of nitrogens with two attached hydrogens (primary N) is 1. The highest BCUT2D eigenvalue weighted by atomic mass is 19.1. The van der Waals surface area contributed by atoms with Crippen molar-refractivity contribution in [3.05, 3.63) is 65.0 Å². The maximum Gasteiger partial charge on any atom is 0.124 e. The molecule has 0 saturated carbocycles. The minimum Gasteiger partial charge on any atom is -0.489 e. The summed E-state index contributed by atoms with van der Waals surface area (Å²) in [5.74, 6) is 5.82. The molecule has 21 heavy (non-hydrogen) atoms. The zero-order valence-electron chi connectivity index (χ0n) is 11.3. The normalized spacial score (nSPS) is 9.38. The summed E-state index contributed by atoms with van der Waals surface area (Å²) in [4.78, 5) is 0. The molecule has 0 aliphatic heterocycles. The van der Waals surface area contributed by atoms with Crippen LogP contribution in [-0.4, -0.2) is 6.54 Å². The first-order valence-corrected chi connectivity index (χ1v) is 6.33. The van der Waals surface area contributed by atoms with Gasteiger partial charge in [-0.1, -0.05) is 17.9 Å². The van der Waals surface area contributed by atoms with Gasteiger partial charge in [0.25, 0.3) is 0 Å². The molecule has 0 aliphatic rings. The molecule has 0 radical (unpaired) electrons. The van der Waals surface area contributed by atoms with Crippen molar-refractivity contribution in [1.82, 2.24) is 0 Å². The van der Waals surface area contributed by atoms with Crippen molar-refractivity contribution < 1.29 is 9.13 Å². The molecule has 0 saturated heterocycles. The fraction of sp³-hybridized carbons (Fsp3) is 0.118. The minimum atomic E-state index is -0.349. The Hall–Kier alpha value is -2.82. The third-order valence-corrected chi connectivity index (χ3v) is 2.77. The molecule has 0 heterocycles. The molecule has 0 atom stereocenters. The predicted octanol–water partition coefficient (Wildman–Crippen LogP) is 2.59. The molecule has 2 rings (SSSR count). The van der Waals surface area contributed by atoms with Crippen molar-refractivity contribution in [1.29, 1.82) is 5.26 Å². The lowest BCUT2D eigenvalue weighted by Crippen LogP contribution is -2.00. The minimum absolute atomic E-state index is 0.215. The van der Waals surface area contributed by atoms with Crippen LogP contribution in [0.4, 0.5) is 4.39 Å². The van der Waals surface area contributed by atoms with E-state index < -0.39 is 0 Å². The summed E-state index contributed by atoms with van der Waals surface area (Å²) < 4.78 is 18.9. The van der Waals surface area contributed by atoms with Crippen LogP contribution in [0.1, 0.15) is 16.7 Å². The Bertz CT molecular complexity index is 721. The summed E-state index contributed by atoms with van der Waals surface area (Å²) in [6, 6.07) is 13.2. The number of hydrogen-bond acceptors (Lipinski definition) is 3. The van der Waals surface area contributed by atoms with Gasteiger partial charge < -0.3 is 10.5 Å². The molecule has 0 amide bonds. The van der Waals surface area contributed by atoms with E-state index in [-0.39, 0.29) is 19.0 Å². The van der Waals surface area contributed by atoms with Gasteiger partial charge in [0.15, 0.2) is 0 Å². The number of ether oxygens (including phenoxy) is 1. The SMILES string of the molecule is N#Cc1ccc(OCc2ccc(F)cc2C#CCN)cc1. The van der Waals surface area contributed by atoms with Crippen LogP contribution in [-0.2, 0) is 6.61 Å². The van der Waals surface area contributed by atoms with E-state index in [9.17, 15) is 4.39 Å². The fourth-order valence-electron chi connectivity index (χ4n) is 1.72. The molecule has 104 valence electrons. The summed E-state index contributed by atoms with van der Waals surface area (Å²) in [5, 5.41) is 8.73. The van der Waals surface area contributed by atoms with Gasteiger partial charge in [0, 0.05) is 11.1 Å². The number of hydrogen-bond donors (Lipinski definition) is 1. The molecule has 0 bridgehead atoms. The summed E-state index contributed by atoms with van der Waals surface area (Å²) in [6.45, 7) is 0.479. The Balaban J connectivity index is 2.13. The molecule has 0 aliphatic carbocycles. The van der Waals surface area contributed by atoms with E-state index in [0.29, 0.717) is 16.9 Å². The van der Waals surface area contributed by atoms with Gasteiger partial charge in [0.05, 0.1) is 18.2 Å². The lowest BCUT2D eigenvalue weighted by Gasteiger charge is -2.08. The molecule has 0 unspecified atom stereocenters. The van der Waals surface area contributed by atoms with E-state index in [1.165, 1.54) is 12.1 Å². The summed E-state index contributed by atoms with van der Waals surface area (Å²) >= 11 is 0. The predicted molar refractivity (Wildman–Crippen MR) is 77.8 cm³/mol. The highest BCUT2D eigenvalue weighted by Crippen LogP contribution is 2.16. The van der Waals surface area contributed by atoms with Crippen molar-refractivity contribution in [2.24, 2.45) is 5.73 Å². The van der Waals surface area contributed by atoms with E-state index in [1.807, 2.05) is 6.07 Å². The van der Waals surface area contributed by atoms with Gasteiger partial charge in [-0.05, 0) is 36.4 Å². The molecule has 2 aromatic rings. The first kappa shape index (κ1) is 14.6. The van der Waals surface area contributed by atoms with E-state index in [4.69, 9.17) is 15.7 Å². The van der Waals surface area contributed by atoms with E-state index >= 15 is 0 Å². The van der Waals surface area contributed by atoms with Crippen molar-refractivity contribution in [2.45, 2.75) is 6.61 Å². The van der Waals surface area contributed by atoms with Crippen molar-refractivity contribution in [2.75, 3.05) is 6.54 Å². The second-order valence-electron chi connectivity index (χ2n) is 4.23. The summed E-state index contributed by atoms with van der Waals surface area (Å²) in [5.41, 5.74) is 7.24. The van der Waals surface area contributed by atoms with Crippen LogP contribution in [0.25, 0.3) is 0 Å². The second-order valence-corrected chi connectivity index (χ2v) is 4.23. The van der Waals surface area contributed by atoms with Crippen LogP contribution >= 0.6 is 0 Å². The molecule has 0 spiro atoms. The first-order chi connectivity index (χ1) is 10.2. The Kier molecular flexibility index (Phi) is 4.93. The smallest absolute Gasteiger partial charge is 0.124 e. The molecular formula is C17H13FN2O. The maximum absolute atomic E-state index is 13.3. The molecule has 2 aromatic carbocycles. The van der Waals surface area contributed by atoms with E-state index in [1.54, 1.807) is 30.3 Å². The van der Waals surface area contributed by atoms with Gasteiger partial charge in [-0.3, -0.25) is 0 Å². The van der Waals surface area contributed by atoms with E-state index in [0.717, 1.165) is 5.56 Å². The molecule has 0 fully saturated rings. The number of nitriles is 1. The fourth-order valence-corrected chi connectivity index (χ4v) is 1.72. The zero-order chi connectivity index (χ0) is 15.1. The number of benzene rings is 2. The third kappa shape index (κ3) is 4.07. The highest BCUT2D eigenvalue weighted by molar-refractivity contribution is 5.42. The molecule has 3 nitrogen and oxygen atoms in total. The van der Waals surface area contributed by atoms with Gasteiger partial charge >= 0.3 is 0 Å². The lowest BCUT2D eigenvalue weighted by atomic mass is 10.1. The Labute approximate surface area is 122 Å². The van der Waals surface area contributed by atoms with Crippen LogP contribution < -0.4 is 10.5 Å². The lowest BCUT2D eigenvalue weighted by molar-refractivity contribution is 0.305. The summed E-state index contributed by atoms with van der Waals surface area (Å²) in [6.07, 6.45) is 0. The van der Waals surface area contributed by atoms with Gasteiger partial charge in [-0.15, -0.1) is 0 Å². The monoisotopic (exact) mass is 280 g/mol. The summed E-state index contributed by atoms with van der Waals surface area (Å²) in [7, 11) is 0. The van der Waals surface area contributed by atoms with Crippen LogP contribution in [0.5, 0.6) is 5.75 Å². The average molecular weight is 280 g/mol. The van der Waals surface area contributed by atoms with E-state index in [2.05, 4.69) is 11.8 Å². The van der Waals surface area contributed by atoms with Gasteiger partial charge in [-0.25, -0.2) is 4.39 Å². The topological polar surface area (TPSA) is 59.0 Å². The zero-order valence-corrected chi connectivity index (χ0v) is 11.3. The Morgan fingerprint density at radius 2 is 1.90 bits per heavy atom. The van der Waals surface area contributed by atoms with Crippen LogP contribution in [0, 0.1) is 29.0 Å². The van der Waals surface area contributed by atoms with Crippen molar-refractivity contribution in [3.63, 3.8) is 0 Å². The molecular weight excluding hydrogens is 267 g/mol. The first-order valence-electron chi connectivity index (χ1n) is 6.33. The molecule has 4 heteroatoms. The van der Waals surface area contributed by atoms with Crippen molar-refractivity contribution >= 4 is 0 Å². The van der Waals surface area contributed by atoms with Crippen LogP contribution in [0.15, 0.2) is 42.5 Å². The molecule has 0 aromatic heterocycles. The molecule has 2 N–H and O–H groups in total. The third-order valence-electron chi connectivity index (χ3n) is 2.77. The highest BCUT2D eigenvalue weighted by Gasteiger charge is 2.04. The Morgan fingerprint density at radius 1 is 1.14 bits per heavy atom. The largest absolute Gasteiger partial charge is 0.489 e. The maximum atomic E-state index is 13.3. The Morgan fingerprint density at radius 3 is 2.57 bits per heavy atom. The number of nitrogens with zero attached hydrogens (tertiary/aromatic N) is 1. The van der Waals surface area contributed by atoms with Crippen LogP contribution in [0.2, 0.25) is 0 Å². The average Bonchev–Trinajstić information content (AvgIpc) is 2.52. The standard InChI is InChI=1S/C17H13FN2O/c18-16-6-5-15(14(10-16)2-1-9-19)12-21-17-7-3-13(11-20)4-8-17/h3-8,10H,9,12,19H2.